The van der Waals surface area contributed by atoms with Crippen LogP contribution in [0.5, 0.6) is 5.75 Å². The SMILES string of the molecule is O=[PH](Oc1cccc2ccccc12)O[SH](=O)=O. The Bertz CT molecular complexity index is 624. The second-order valence-corrected chi connectivity index (χ2v) is 5.03. The first-order chi connectivity index (χ1) is 8.16. The first kappa shape index (κ1) is 12.1. The second kappa shape index (κ2) is 5.31. The Labute approximate surface area is 100 Å². The predicted octanol–water partition coefficient (Wildman–Crippen LogP) is 2.15. The second-order valence-electron chi connectivity index (χ2n) is 3.14. The third-order valence-corrected chi connectivity index (χ3v) is 3.67. The number of hydrogen-bond acceptors (Lipinski definition) is 5. The van der Waals surface area contributed by atoms with Crippen molar-refractivity contribution < 1.29 is 21.5 Å². The zero-order valence-corrected chi connectivity index (χ0v) is 10.4. The molecule has 0 bridgehead atoms. The lowest BCUT2D eigenvalue weighted by Gasteiger charge is -2.06. The third kappa shape index (κ3) is 3.06. The molecule has 1 atom stereocenters. The monoisotopic (exact) mass is 272 g/mol. The standard InChI is InChI=1S/C10H9O5PS/c11-16(15-17(12)13)14-10-7-3-5-8-4-1-2-6-9(8)10/h1-7,16-17H. The minimum absolute atomic E-state index is 0.337. The Kier molecular flexibility index (Phi) is 3.78. The van der Waals surface area contributed by atoms with Crippen molar-refractivity contribution in [2.75, 3.05) is 0 Å². The van der Waals surface area contributed by atoms with Gasteiger partial charge in [-0.15, -0.1) is 0 Å². The molecule has 0 aliphatic heterocycles. The van der Waals surface area contributed by atoms with Crippen molar-refractivity contribution in [1.29, 1.82) is 0 Å². The molecule has 90 valence electrons. The van der Waals surface area contributed by atoms with E-state index in [1.54, 1.807) is 24.3 Å². The highest BCUT2D eigenvalue weighted by Crippen LogP contribution is 2.33. The molecule has 0 aliphatic carbocycles. The van der Waals surface area contributed by atoms with Crippen LogP contribution in [-0.4, -0.2) is 8.42 Å². The maximum Gasteiger partial charge on any atom is 0.382 e. The molecular formula is C10H9O5PS. The van der Waals surface area contributed by atoms with Crippen LogP contribution in [0, 0.1) is 0 Å². The number of benzene rings is 2. The molecule has 1 unspecified atom stereocenters. The molecule has 0 spiro atoms. The van der Waals surface area contributed by atoms with Crippen molar-refractivity contribution in [2.24, 2.45) is 0 Å². The third-order valence-electron chi connectivity index (χ3n) is 2.09. The van der Waals surface area contributed by atoms with Gasteiger partial charge in [-0.05, 0) is 11.5 Å². The molecule has 2 aromatic carbocycles. The van der Waals surface area contributed by atoms with Gasteiger partial charge in [-0.1, -0.05) is 36.4 Å². The van der Waals surface area contributed by atoms with Crippen LogP contribution in [0.3, 0.4) is 0 Å². The molecule has 0 fully saturated rings. The average Bonchev–Trinajstić information content (AvgIpc) is 2.28. The van der Waals surface area contributed by atoms with Crippen molar-refractivity contribution in [2.45, 2.75) is 0 Å². The molecule has 0 radical (unpaired) electrons. The van der Waals surface area contributed by atoms with Crippen LogP contribution in [0.1, 0.15) is 0 Å². The van der Waals surface area contributed by atoms with Crippen molar-refractivity contribution >= 4 is 30.0 Å². The molecule has 0 amide bonds. The van der Waals surface area contributed by atoms with Crippen LogP contribution in [0.2, 0.25) is 0 Å². The van der Waals surface area contributed by atoms with E-state index >= 15 is 0 Å². The normalized spacial score (nSPS) is 12.8. The lowest BCUT2D eigenvalue weighted by Crippen LogP contribution is -1.86. The first-order valence-electron chi connectivity index (χ1n) is 4.69. The fourth-order valence-corrected chi connectivity index (χ4v) is 2.45. The topological polar surface area (TPSA) is 69.7 Å². The van der Waals surface area contributed by atoms with Gasteiger partial charge in [0.2, 0.25) is 0 Å². The van der Waals surface area contributed by atoms with Gasteiger partial charge in [-0.25, -0.2) is 13.0 Å². The number of rotatable bonds is 4. The van der Waals surface area contributed by atoms with Gasteiger partial charge in [0.15, 0.2) is 0 Å². The van der Waals surface area contributed by atoms with E-state index in [1.165, 1.54) is 0 Å². The minimum atomic E-state index is -3.17. The predicted molar refractivity (Wildman–Crippen MR) is 65.0 cm³/mol. The molecule has 2 rings (SSSR count). The van der Waals surface area contributed by atoms with E-state index < -0.39 is 19.2 Å². The summed E-state index contributed by atoms with van der Waals surface area (Å²) in [4.78, 5) is 0. The molecule has 0 aromatic heterocycles. The van der Waals surface area contributed by atoms with E-state index in [0.717, 1.165) is 10.8 Å². The Morgan fingerprint density at radius 1 is 1.00 bits per heavy atom. The highest BCUT2D eigenvalue weighted by molar-refractivity contribution is 7.72. The summed E-state index contributed by atoms with van der Waals surface area (Å²) in [6.45, 7) is 0. The summed E-state index contributed by atoms with van der Waals surface area (Å²) in [5, 5.41) is 1.66. The van der Waals surface area contributed by atoms with Gasteiger partial charge in [0.1, 0.15) is 5.75 Å². The molecule has 7 heteroatoms. The van der Waals surface area contributed by atoms with Crippen LogP contribution in [0.25, 0.3) is 10.8 Å². The van der Waals surface area contributed by atoms with Gasteiger partial charge in [-0.2, -0.15) is 3.97 Å². The largest absolute Gasteiger partial charge is 0.425 e. The average molecular weight is 272 g/mol. The Balaban J connectivity index is 2.33. The molecule has 17 heavy (non-hydrogen) atoms. The van der Waals surface area contributed by atoms with E-state index in [9.17, 15) is 13.0 Å². The fraction of sp³-hybridized carbons (Fsp3) is 0. The number of thiol groups is 1. The summed E-state index contributed by atoms with van der Waals surface area (Å²) >= 11 is 0. The lowest BCUT2D eigenvalue weighted by atomic mass is 10.1. The van der Waals surface area contributed by atoms with Gasteiger partial charge in [0, 0.05) is 5.39 Å². The van der Waals surface area contributed by atoms with Crippen LogP contribution >= 0.6 is 8.25 Å². The quantitative estimate of drug-likeness (QED) is 0.682. The Hall–Kier alpha value is -1.36. The van der Waals surface area contributed by atoms with E-state index in [2.05, 4.69) is 3.97 Å². The van der Waals surface area contributed by atoms with E-state index in [1.807, 2.05) is 18.2 Å². The van der Waals surface area contributed by atoms with E-state index in [0.29, 0.717) is 5.75 Å². The molecule has 0 saturated carbocycles. The minimum Gasteiger partial charge on any atom is -0.425 e. The maximum atomic E-state index is 11.2. The first-order valence-corrected chi connectivity index (χ1v) is 7.01. The number of fused-ring (bicyclic) bond motifs is 1. The Morgan fingerprint density at radius 3 is 2.47 bits per heavy atom. The summed E-state index contributed by atoms with van der Waals surface area (Å²) in [7, 11) is -6.25. The summed E-state index contributed by atoms with van der Waals surface area (Å²) < 4.78 is 40.7. The van der Waals surface area contributed by atoms with Crippen molar-refractivity contribution in [3.63, 3.8) is 0 Å². The van der Waals surface area contributed by atoms with Gasteiger partial charge >= 0.3 is 8.25 Å². The van der Waals surface area contributed by atoms with Gasteiger partial charge in [0.25, 0.3) is 11.0 Å². The Morgan fingerprint density at radius 2 is 1.71 bits per heavy atom. The van der Waals surface area contributed by atoms with Crippen LogP contribution in [0.4, 0.5) is 0 Å². The molecule has 5 nitrogen and oxygen atoms in total. The summed E-state index contributed by atoms with van der Waals surface area (Å²) in [6.07, 6.45) is 0. The molecule has 2 aromatic rings. The maximum absolute atomic E-state index is 11.2. The van der Waals surface area contributed by atoms with Gasteiger partial charge < -0.3 is 4.52 Å². The molecule has 0 N–H and O–H groups in total. The zero-order valence-electron chi connectivity index (χ0n) is 8.53. The molecule has 0 saturated heterocycles. The summed E-state index contributed by atoms with van der Waals surface area (Å²) in [6, 6.07) is 12.5. The molecular weight excluding hydrogens is 263 g/mol. The van der Waals surface area contributed by atoms with Crippen molar-refractivity contribution in [1.82, 2.24) is 0 Å². The molecule has 0 heterocycles. The number of hydrogen-bond donors (Lipinski definition) is 1. The lowest BCUT2D eigenvalue weighted by molar-refractivity contribution is 0.419. The zero-order chi connectivity index (χ0) is 12.3. The van der Waals surface area contributed by atoms with E-state index in [-0.39, 0.29) is 0 Å². The summed E-state index contributed by atoms with van der Waals surface area (Å²) in [5.74, 6) is 0.337. The molecule has 0 aliphatic rings. The van der Waals surface area contributed by atoms with Gasteiger partial charge in [-0.3, -0.25) is 0 Å². The van der Waals surface area contributed by atoms with E-state index in [4.69, 9.17) is 4.52 Å². The highest BCUT2D eigenvalue weighted by atomic mass is 32.2. The highest BCUT2D eigenvalue weighted by Gasteiger charge is 2.06. The van der Waals surface area contributed by atoms with Crippen LogP contribution in [-0.2, 0) is 19.5 Å². The van der Waals surface area contributed by atoms with Crippen LogP contribution in [0.15, 0.2) is 42.5 Å². The van der Waals surface area contributed by atoms with Crippen molar-refractivity contribution in [3.05, 3.63) is 42.5 Å². The van der Waals surface area contributed by atoms with Crippen molar-refractivity contribution in [3.8, 4) is 5.75 Å². The summed E-state index contributed by atoms with van der Waals surface area (Å²) in [5.41, 5.74) is 0. The smallest absolute Gasteiger partial charge is 0.382 e. The van der Waals surface area contributed by atoms with Crippen LogP contribution < -0.4 is 4.52 Å². The fourth-order valence-electron chi connectivity index (χ4n) is 1.45. The van der Waals surface area contributed by atoms with Gasteiger partial charge in [0.05, 0.1) is 0 Å².